The molecule has 0 aliphatic rings. The fourth-order valence-electron chi connectivity index (χ4n) is 2.60. The van der Waals surface area contributed by atoms with Gasteiger partial charge in [0, 0.05) is 29.5 Å². The summed E-state index contributed by atoms with van der Waals surface area (Å²) < 4.78 is 5.02. The number of furan rings is 1. The number of nitrogens with one attached hydrogen (secondary N) is 3. The summed E-state index contributed by atoms with van der Waals surface area (Å²) >= 11 is 0. The van der Waals surface area contributed by atoms with Gasteiger partial charge in [0.05, 0.1) is 11.2 Å². The summed E-state index contributed by atoms with van der Waals surface area (Å²) in [5.41, 5.74) is 1.34. The lowest BCUT2D eigenvalue weighted by Gasteiger charge is -2.09. The van der Waals surface area contributed by atoms with Gasteiger partial charge in [0.15, 0.2) is 5.76 Å². The summed E-state index contributed by atoms with van der Waals surface area (Å²) in [5, 5.41) is 19.5. The fourth-order valence-corrected chi connectivity index (χ4v) is 2.60. The van der Waals surface area contributed by atoms with Gasteiger partial charge in [-0.05, 0) is 55.5 Å². The Balaban J connectivity index is 1.68. The zero-order valence-electron chi connectivity index (χ0n) is 15.5. The molecule has 3 N–H and O–H groups in total. The summed E-state index contributed by atoms with van der Waals surface area (Å²) in [4.78, 5) is 35.1. The van der Waals surface area contributed by atoms with Gasteiger partial charge in [0.2, 0.25) is 0 Å². The second kappa shape index (κ2) is 8.70. The molecule has 0 fully saturated rings. The molecule has 0 saturated heterocycles. The van der Waals surface area contributed by atoms with E-state index >= 15 is 0 Å². The Bertz CT molecular complexity index is 1030. The maximum Gasteiger partial charge on any atom is 0.293 e. The molecule has 3 rings (SSSR count). The largest absolute Gasteiger partial charge is 0.459 e. The Hall–Kier alpha value is -4.14. The van der Waals surface area contributed by atoms with E-state index < -0.39 is 10.8 Å². The van der Waals surface area contributed by atoms with E-state index in [1.54, 1.807) is 36.4 Å². The number of hydrogen-bond donors (Lipinski definition) is 3. The molecule has 0 aliphatic carbocycles. The smallest absolute Gasteiger partial charge is 0.293 e. The molecule has 2 aromatic carbocycles. The second-order valence-electron chi connectivity index (χ2n) is 5.98. The monoisotopic (exact) mass is 394 g/mol. The minimum Gasteiger partial charge on any atom is -0.459 e. The molecule has 9 nitrogen and oxygen atoms in total. The van der Waals surface area contributed by atoms with Crippen molar-refractivity contribution in [1.29, 1.82) is 0 Å². The number of carbonyl (C=O) groups is 2. The SMILES string of the molecule is CCNc1ccc(C(=O)Nc2ccc(NC(=O)c3ccco3)cc2)cc1[N+](=O)[O-]. The highest BCUT2D eigenvalue weighted by Gasteiger charge is 2.17. The summed E-state index contributed by atoms with van der Waals surface area (Å²) in [6, 6.07) is 13.9. The van der Waals surface area contributed by atoms with Crippen molar-refractivity contribution < 1.29 is 18.9 Å². The van der Waals surface area contributed by atoms with Gasteiger partial charge in [0.1, 0.15) is 5.69 Å². The molecule has 1 heterocycles. The van der Waals surface area contributed by atoms with Crippen LogP contribution in [0.3, 0.4) is 0 Å². The van der Waals surface area contributed by atoms with Gasteiger partial charge >= 0.3 is 0 Å². The number of benzene rings is 2. The third-order valence-electron chi connectivity index (χ3n) is 3.97. The molecular weight excluding hydrogens is 376 g/mol. The summed E-state index contributed by atoms with van der Waals surface area (Å²) in [5.74, 6) is -0.687. The minimum atomic E-state index is -0.536. The van der Waals surface area contributed by atoms with Crippen LogP contribution in [0.4, 0.5) is 22.7 Å². The predicted octanol–water partition coefficient (Wildman–Crippen LogP) is 4.12. The van der Waals surface area contributed by atoms with Crippen molar-refractivity contribution >= 4 is 34.6 Å². The highest BCUT2D eigenvalue weighted by atomic mass is 16.6. The number of rotatable bonds is 7. The van der Waals surface area contributed by atoms with Crippen molar-refractivity contribution in [2.45, 2.75) is 6.92 Å². The molecule has 29 heavy (non-hydrogen) atoms. The van der Waals surface area contributed by atoms with Crippen molar-refractivity contribution in [3.05, 3.63) is 82.3 Å². The third-order valence-corrected chi connectivity index (χ3v) is 3.97. The average Bonchev–Trinajstić information content (AvgIpc) is 3.25. The van der Waals surface area contributed by atoms with Crippen LogP contribution < -0.4 is 16.0 Å². The van der Waals surface area contributed by atoms with Crippen molar-refractivity contribution in [2.24, 2.45) is 0 Å². The maximum absolute atomic E-state index is 12.4. The molecule has 0 saturated carbocycles. The van der Waals surface area contributed by atoms with E-state index in [0.717, 1.165) is 0 Å². The van der Waals surface area contributed by atoms with Crippen LogP contribution in [0.25, 0.3) is 0 Å². The first-order chi connectivity index (χ1) is 14.0. The number of amides is 2. The lowest BCUT2D eigenvalue weighted by atomic mass is 10.1. The zero-order chi connectivity index (χ0) is 20.8. The van der Waals surface area contributed by atoms with Gasteiger partial charge in [0.25, 0.3) is 17.5 Å². The second-order valence-corrected chi connectivity index (χ2v) is 5.98. The van der Waals surface area contributed by atoms with E-state index in [1.807, 2.05) is 6.92 Å². The van der Waals surface area contributed by atoms with E-state index in [9.17, 15) is 19.7 Å². The molecule has 0 unspecified atom stereocenters. The van der Waals surface area contributed by atoms with Crippen LogP contribution in [-0.2, 0) is 0 Å². The number of nitro benzene ring substituents is 1. The molecule has 3 aromatic rings. The topological polar surface area (TPSA) is 127 Å². The molecular formula is C20H18N4O5. The molecule has 2 amide bonds. The van der Waals surface area contributed by atoms with E-state index in [-0.39, 0.29) is 22.9 Å². The Morgan fingerprint density at radius 2 is 1.66 bits per heavy atom. The van der Waals surface area contributed by atoms with Crippen LogP contribution in [0.5, 0.6) is 0 Å². The third kappa shape index (κ3) is 4.78. The Morgan fingerprint density at radius 3 is 2.21 bits per heavy atom. The molecule has 0 bridgehead atoms. The van der Waals surface area contributed by atoms with Crippen molar-refractivity contribution in [3.63, 3.8) is 0 Å². The average molecular weight is 394 g/mol. The quantitative estimate of drug-likeness (QED) is 0.409. The zero-order valence-corrected chi connectivity index (χ0v) is 15.5. The van der Waals surface area contributed by atoms with E-state index in [4.69, 9.17) is 4.42 Å². The molecule has 0 spiro atoms. The van der Waals surface area contributed by atoms with Gasteiger partial charge in [-0.3, -0.25) is 19.7 Å². The number of hydrogen-bond acceptors (Lipinski definition) is 6. The number of nitro groups is 1. The predicted molar refractivity (Wildman–Crippen MR) is 108 cm³/mol. The summed E-state index contributed by atoms with van der Waals surface area (Å²) in [7, 11) is 0. The molecule has 148 valence electrons. The lowest BCUT2D eigenvalue weighted by Crippen LogP contribution is -2.13. The van der Waals surface area contributed by atoms with Crippen molar-refractivity contribution in [3.8, 4) is 0 Å². The first-order valence-electron chi connectivity index (χ1n) is 8.76. The molecule has 9 heteroatoms. The van der Waals surface area contributed by atoms with Gasteiger partial charge in [-0.15, -0.1) is 0 Å². The highest BCUT2D eigenvalue weighted by Crippen LogP contribution is 2.26. The van der Waals surface area contributed by atoms with Gasteiger partial charge in [-0.1, -0.05) is 0 Å². The molecule has 1 aromatic heterocycles. The number of nitrogens with zero attached hydrogens (tertiary/aromatic N) is 1. The fraction of sp³-hybridized carbons (Fsp3) is 0.100. The summed E-state index contributed by atoms with van der Waals surface area (Å²) in [6.45, 7) is 2.35. The van der Waals surface area contributed by atoms with Crippen LogP contribution in [0.2, 0.25) is 0 Å². The van der Waals surface area contributed by atoms with Crippen LogP contribution in [0.1, 0.15) is 27.8 Å². The normalized spacial score (nSPS) is 10.2. The Kier molecular flexibility index (Phi) is 5.88. The Morgan fingerprint density at radius 1 is 1.00 bits per heavy atom. The molecule has 0 atom stereocenters. The number of carbonyl (C=O) groups excluding carboxylic acids is 2. The lowest BCUT2D eigenvalue weighted by molar-refractivity contribution is -0.384. The van der Waals surface area contributed by atoms with Gasteiger partial charge in [-0.25, -0.2) is 0 Å². The van der Waals surface area contributed by atoms with E-state index in [0.29, 0.717) is 23.6 Å². The van der Waals surface area contributed by atoms with Crippen LogP contribution in [0, 0.1) is 10.1 Å². The Labute approximate surface area is 165 Å². The number of anilines is 3. The summed E-state index contributed by atoms with van der Waals surface area (Å²) in [6.07, 6.45) is 1.41. The van der Waals surface area contributed by atoms with Crippen LogP contribution in [-0.4, -0.2) is 23.3 Å². The van der Waals surface area contributed by atoms with Crippen LogP contribution >= 0.6 is 0 Å². The first kappa shape index (κ1) is 19.6. The van der Waals surface area contributed by atoms with E-state index in [2.05, 4.69) is 16.0 Å². The minimum absolute atomic E-state index is 0.161. The van der Waals surface area contributed by atoms with E-state index in [1.165, 1.54) is 24.5 Å². The van der Waals surface area contributed by atoms with Gasteiger partial charge < -0.3 is 20.4 Å². The standard InChI is InChI=1S/C20H18N4O5/c1-2-21-16-10-5-13(12-17(16)24(27)28)19(25)22-14-6-8-15(9-7-14)23-20(26)18-4-3-11-29-18/h3-12,21H,2H2,1H3,(H,22,25)(H,23,26). The highest BCUT2D eigenvalue weighted by molar-refractivity contribution is 6.05. The maximum atomic E-state index is 12.4. The first-order valence-corrected chi connectivity index (χ1v) is 8.76. The van der Waals surface area contributed by atoms with Crippen LogP contribution in [0.15, 0.2) is 65.3 Å². The molecule has 0 aliphatic heterocycles. The van der Waals surface area contributed by atoms with Crippen molar-refractivity contribution in [2.75, 3.05) is 22.5 Å². The molecule has 0 radical (unpaired) electrons. The van der Waals surface area contributed by atoms with Gasteiger partial charge in [-0.2, -0.15) is 0 Å². The van der Waals surface area contributed by atoms with Crippen molar-refractivity contribution in [1.82, 2.24) is 0 Å².